The minimum Gasteiger partial charge on any atom is -0.497 e. The Kier molecular flexibility index (Phi) is 9.35. The Labute approximate surface area is 157 Å². The molecule has 1 aromatic rings. The molecule has 26 heavy (non-hydrogen) atoms. The van der Waals surface area contributed by atoms with Crippen LogP contribution < -0.4 is 21.1 Å². The highest BCUT2D eigenvalue weighted by molar-refractivity contribution is 7.98. The maximum atomic E-state index is 12.7. The molecule has 0 radical (unpaired) electrons. The monoisotopic (exact) mass is 382 g/mol. The van der Waals surface area contributed by atoms with Crippen LogP contribution in [0.2, 0.25) is 0 Å². The molecule has 1 atom stereocenters. The van der Waals surface area contributed by atoms with E-state index in [0.29, 0.717) is 30.2 Å². The van der Waals surface area contributed by atoms with Gasteiger partial charge in [-0.15, -0.1) is 0 Å². The molecule has 1 aromatic carbocycles. The third-order valence-corrected chi connectivity index (χ3v) is 4.25. The number of likely N-dealkylation sites (N-methyl/N-ethyl adjacent to an activating group) is 1. The molecule has 0 spiro atoms. The number of nitrogens with zero attached hydrogens (tertiary/aromatic N) is 1. The second-order valence-corrected chi connectivity index (χ2v) is 6.46. The van der Waals surface area contributed by atoms with E-state index in [2.05, 4.69) is 10.6 Å². The molecule has 0 aromatic heterocycles. The molecule has 1 unspecified atom stereocenters. The molecule has 0 saturated heterocycles. The van der Waals surface area contributed by atoms with Crippen LogP contribution in [0.25, 0.3) is 0 Å². The largest absolute Gasteiger partial charge is 0.497 e. The van der Waals surface area contributed by atoms with Crippen molar-refractivity contribution in [2.45, 2.75) is 19.4 Å². The second kappa shape index (κ2) is 11.2. The first kappa shape index (κ1) is 21.6. The molecule has 1 rings (SSSR count). The minimum absolute atomic E-state index is 0.122. The number of urea groups is 1. The molecule has 4 amide bonds. The Morgan fingerprint density at radius 1 is 1.35 bits per heavy atom. The van der Waals surface area contributed by atoms with Crippen molar-refractivity contribution in [2.24, 2.45) is 5.73 Å². The van der Waals surface area contributed by atoms with Crippen LogP contribution in [-0.4, -0.2) is 61.0 Å². The molecule has 8 nitrogen and oxygen atoms in total. The van der Waals surface area contributed by atoms with Crippen molar-refractivity contribution in [3.05, 3.63) is 24.3 Å². The van der Waals surface area contributed by atoms with Gasteiger partial charge in [-0.25, -0.2) is 4.79 Å². The zero-order valence-electron chi connectivity index (χ0n) is 15.3. The van der Waals surface area contributed by atoms with Crippen LogP contribution in [0.3, 0.4) is 0 Å². The van der Waals surface area contributed by atoms with Crippen molar-refractivity contribution < 1.29 is 19.1 Å². The summed E-state index contributed by atoms with van der Waals surface area (Å²) in [5.41, 5.74) is 5.73. The lowest BCUT2D eigenvalue weighted by Crippen LogP contribution is -2.51. The highest BCUT2D eigenvalue weighted by Gasteiger charge is 2.25. The van der Waals surface area contributed by atoms with Crippen molar-refractivity contribution >= 4 is 35.3 Å². The van der Waals surface area contributed by atoms with Gasteiger partial charge in [0, 0.05) is 18.3 Å². The van der Waals surface area contributed by atoms with Crippen molar-refractivity contribution in [3.8, 4) is 5.75 Å². The summed E-state index contributed by atoms with van der Waals surface area (Å²) in [4.78, 5) is 37.5. The smallest absolute Gasteiger partial charge is 0.312 e. The quantitative estimate of drug-likeness (QED) is 0.564. The Morgan fingerprint density at radius 3 is 2.65 bits per heavy atom. The summed E-state index contributed by atoms with van der Waals surface area (Å²) in [6, 6.07) is 5.43. The fraction of sp³-hybridized carbons (Fsp3) is 0.471. The zero-order chi connectivity index (χ0) is 19.5. The molecule has 0 aliphatic rings. The van der Waals surface area contributed by atoms with Gasteiger partial charge in [0.15, 0.2) is 0 Å². The Morgan fingerprint density at radius 2 is 2.08 bits per heavy atom. The third-order valence-electron chi connectivity index (χ3n) is 3.61. The number of primary amides is 1. The number of amides is 4. The molecule has 0 heterocycles. The predicted octanol–water partition coefficient (Wildman–Crippen LogP) is 1.27. The Balaban J connectivity index is 2.73. The number of carbonyl (C=O) groups excluding carboxylic acids is 3. The van der Waals surface area contributed by atoms with E-state index in [-0.39, 0.29) is 18.4 Å². The first-order chi connectivity index (χ1) is 12.4. The van der Waals surface area contributed by atoms with E-state index in [1.807, 2.05) is 6.26 Å². The topological polar surface area (TPSA) is 114 Å². The second-order valence-electron chi connectivity index (χ2n) is 5.48. The van der Waals surface area contributed by atoms with Gasteiger partial charge in [0.2, 0.25) is 11.8 Å². The van der Waals surface area contributed by atoms with E-state index in [0.717, 1.165) is 0 Å². The average Bonchev–Trinajstić information content (AvgIpc) is 2.62. The molecule has 0 bridgehead atoms. The van der Waals surface area contributed by atoms with Gasteiger partial charge in [-0.2, -0.15) is 11.8 Å². The van der Waals surface area contributed by atoms with E-state index in [1.165, 1.54) is 4.90 Å². The SMILES string of the molecule is CCN(CC(=O)Nc1cccc(OC)c1)C(=O)C(CCSC)NC(N)=O. The van der Waals surface area contributed by atoms with Crippen LogP contribution in [0, 0.1) is 0 Å². The number of nitrogens with one attached hydrogen (secondary N) is 2. The molecule has 0 saturated carbocycles. The summed E-state index contributed by atoms with van der Waals surface area (Å²) in [6.45, 7) is 1.98. The lowest BCUT2D eigenvalue weighted by molar-refractivity contribution is -0.136. The molecule has 0 fully saturated rings. The highest BCUT2D eigenvalue weighted by Crippen LogP contribution is 2.16. The maximum Gasteiger partial charge on any atom is 0.312 e. The van der Waals surface area contributed by atoms with Crippen LogP contribution >= 0.6 is 11.8 Å². The average molecular weight is 382 g/mol. The molecular formula is C17H26N4O4S. The number of hydrogen-bond donors (Lipinski definition) is 3. The molecule has 144 valence electrons. The fourth-order valence-electron chi connectivity index (χ4n) is 2.31. The van der Waals surface area contributed by atoms with Gasteiger partial charge in [-0.05, 0) is 37.5 Å². The molecule has 4 N–H and O–H groups in total. The van der Waals surface area contributed by atoms with Gasteiger partial charge in [-0.3, -0.25) is 9.59 Å². The molecular weight excluding hydrogens is 356 g/mol. The van der Waals surface area contributed by atoms with Crippen molar-refractivity contribution in [2.75, 3.05) is 37.5 Å². The summed E-state index contributed by atoms with van der Waals surface area (Å²) in [7, 11) is 1.54. The first-order valence-electron chi connectivity index (χ1n) is 8.18. The van der Waals surface area contributed by atoms with Crippen LogP contribution in [-0.2, 0) is 9.59 Å². The summed E-state index contributed by atoms with van der Waals surface area (Å²) in [5, 5.41) is 5.18. The summed E-state index contributed by atoms with van der Waals surface area (Å²) < 4.78 is 5.11. The van der Waals surface area contributed by atoms with Crippen LogP contribution in [0.1, 0.15) is 13.3 Å². The van der Waals surface area contributed by atoms with Crippen molar-refractivity contribution in [1.29, 1.82) is 0 Å². The van der Waals surface area contributed by atoms with Gasteiger partial charge in [-0.1, -0.05) is 6.07 Å². The number of anilines is 1. The van der Waals surface area contributed by atoms with Crippen LogP contribution in [0.15, 0.2) is 24.3 Å². The molecule has 9 heteroatoms. The van der Waals surface area contributed by atoms with Gasteiger partial charge in [0.05, 0.1) is 13.7 Å². The number of nitrogens with two attached hydrogens (primary N) is 1. The first-order valence-corrected chi connectivity index (χ1v) is 9.58. The Bertz CT molecular complexity index is 627. The Hall–Kier alpha value is -2.42. The van der Waals surface area contributed by atoms with E-state index in [4.69, 9.17) is 10.5 Å². The number of rotatable bonds is 10. The molecule has 0 aliphatic heterocycles. The van der Waals surface area contributed by atoms with Crippen molar-refractivity contribution in [3.63, 3.8) is 0 Å². The number of thioether (sulfide) groups is 1. The molecule has 0 aliphatic carbocycles. The number of ether oxygens (including phenoxy) is 1. The van der Waals surface area contributed by atoms with E-state index < -0.39 is 12.1 Å². The van der Waals surface area contributed by atoms with Crippen LogP contribution in [0.5, 0.6) is 5.75 Å². The summed E-state index contributed by atoms with van der Waals surface area (Å²) >= 11 is 1.56. The minimum atomic E-state index is -0.763. The van der Waals surface area contributed by atoms with E-state index >= 15 is 0 Å². The third kappa shape index (κ3) is 7.22. The summed E-state index contributed by atoms with van der Waals surface area (Å²) in [5.74, 6) is 0.635. The van der Waals surface area contributed by atoms with Gasteiger partial charge >= 0.3 is 6.03 Å². The highest BCUT2D eigenvalue weighted by atomic mass is 32.2. The van der Waals surface area contributed by atoms with Gasteiger partial charge < -0.3 is 26.0 Å². The van der Waals surface area contributed by atoms with E-state index in [9.17, 15) is 14.4 Å². The lowest BCUT2D eigenvalue weighted by atomic mass is 10.2. The number of carbonyl (C=O) groups is 3. The van der Waals surface area contributed by atoms with Gasteiger partial charge in [0.25, 0.3) is 0 Å². The fourth-order valence-corrected chi connectivity index (χ4v) is 2.78. The van der Waals surface area contributed by atoms with E-state index in [1.54, 1.807) is 50.1 Å². The summed E-state index contributed by atoms with van der Waals surface area (Å²) in [6.07, 6.45) is 2.35. The maximum absolute atomic E-state index is 12.7. The number of methoxy groups -OCH3 is 1. The van der Waals surface area contributed by atoms with Gasteiger partial charge in [0.1, 0.15) is 11.8 Å². The van der Waals surface area contributed by atoms with Crippen molar-refractivity contribution in [1.82, 2.24) is 10.2 Å². The normalized spacial score (nSPS) is 11.3. The number of hydrogen-bond acceptors (Lipinski definition) is 5. The predicted molar refractivity (Wildman–Crippen MR) is 103 cm³/mol. The zero-order valence-corrected chi connectivity index (χ0v) is 16.1. The standard InChI is InChI=1S/C17H26N4O4S/c1-4-21(16(23)14(8-9-26-3)20-17(18)24)11-15(22)19-12-6-5-7-13(10-12)25-2/h5-7,10,14H,4,8-9,11H2,1-3H3,(H,19,22)(H3,18,20,24). The lowest BCUT2D eigenvalue weighted by Gasteiger charge is -2.26. The number of benzene rings is 1. The van der Waals surface area contributed by atoms with Crippen LogP contribution in [0.4, 0.5) is 10.5 Å².